The van der Waals surface area contributed by atoms with Gasteiger partial charge in [-0.05, 0) is 119 Å². The van der Waals surface area contributed by atoms with E-state index in [9.17, 15) is 34.7 Å². The van der Waals surface area contributed by atoms with E-state index in [0.29, 0.717) is 56.9 Å². The number of hydrogen-bond donors (Lipinski definition) is 3. The summed E-state index contributed by atoms with van der Waals surface area (Å²) in [7, 11) is 3.84. The number of nitrogens with one attached hydrogen (secondary N) is 1. The van der Waals surface area contributed by atoms with Gasteiger partial charge in [0.1, 0.15) is 30.1 Å². The molecule has 0 aromatic heterocycles. The third-order valence-corrected chi connectivity index (χ3v) is 16.5. The molecule has 3 N–H and O–H groups in total. The van der Waals surface area contributed by atoms with Crippen molar-refractivity contribution in [3.63, 3.8) is 0 Å². The molecule has 0 aliphatic carbocycles. The molecule has 408 valence electrons. The highest BCUT2D eigenvalue weighted by Crippen LogP contribution is 2.49. The summed E-state index contributed by atoms with van der Waals surface area (Å²) in [4.78, 5) is 68.9. The Kier molecular flexibility index (Phi) is 21.3. The van der Waals surface area contributed by atoms with Crippen molar-refractivity contribution in [2.24, 2.45) is 41.4 Å². The smallest absolute Gasteiger partial charge is 0.348 e. The molecule has 4 aliphatic rings. The monoisotopic (exact) mass is 1020 g/mol. The number of ketones is 1. The van der Waals surface area contributed by atoms with Crippen molar-refractivity contribution in [2.45, 2.75) is 200 Å². The topological polar surface area (TPSA) is 212 Å². The van der Waals surface area contributed by atoms with Crippen LogP contribution in [0.1, 0.15) is 146 Å². The molecule has 16 heteroatoms. The van der Waals surface area contributed by atoms with Crippen molar-refractivity contribution in [1.82, 2.24) is 5.32 Å². The Bertz CT molecular complexity index is 2130. The zero-order valence-electron chi connectivity index (χ0n) is 45.9. The van der Waals surface area contributed by atoms with Gasteiger partial charge in [-0.2, -0.15) is 10.1 Å². The van der Waals surface area contributed by atoms with Crippen LogP contribution in [-0.4, -0.2) is 121 Å². The molecule has 3 saturated heterocycles. The van der Waals surface area contributed by atoms with Crippen LogP contribution in [0, 0.1) is 52.8 Å². The minimum Gasteiger partial charge on any atom is -0.460 e. The van der Waals surface area contributed by atoms with Crippen LogP contribution >= 0.6 is 0 Å². The molecule has 1 amide bonds. The first-order chi connectivity index (χ1) is 34.5. The van der Waals surface area contributed by atoms with E-state index >= 15 is 0 Å². The summed E-state index contributed by atoms with van der Waals surface area (Å²) in [6.07, 6.45) is 6.01. The number of rotatable bonds is 19. The normalized spacial score (nSPS) is 34.5. The van der Waals surface area contributed by atoms with Gasteiger partial charge in [0.15, 0.2) is 6.10 Å². The van der Waals surface area contributed by atoms with E-state index in [4.69, 9.17) is 33.5 Å². The number of aliphatic hydroxyl groups is 2. The summed E-state index contributed by atoms with van der Waals surface area (Å²) < 4.78 is 31.4. The number of nitriles is 1. The molecule has 5 rings (SSSR count). The highest BCUT2D eigenvalue weighted by atomic mass is 17.2. The highest BCUT2D eigenvalue weighted by molar-refractivity contribution is 5.98. The molecule has 1 aromatic carbocycles. The van der Waals surface area contributed by atoms with Crippen molar-refractivity contribution in [3.8, 4) is 6.07 Å². The molecule has 17 atom stereocenters. The number of esters is 2. The van der Waals surface area contributed by atoms with Crippen LogP contribution < -0.4 is 10.2 Å². The molecule has 0 saturated carbocycles. The Balaban J connectivity index is 1.24. The standard InChI is InChI=1S/C57H87N3O13/c1-14-44(53(64)59-29-30-67-54(65)42(33-58)32-41-19-21-43(22-20-41)60(12)13)46-23-18-35(5)51(70-46)38(8)49(62)37(7)50(63)45(15-2)52-36(6)31-34(4)17-24-48(69-40(10)61)57(73-71-52)28-27-55(11,72-57)47-25-26-56(66,16-3)39(9)68-47/h17,19-22,24,32,34-39,44-49,51-52,62,66H,14-16,18,23,25-31H2,1-13H3,(H,59,64)/b24-17-,42-32+/t34-,35-,36-,37-,38-,39-,44+,45-,46+,47+,48+,49+,51+,52-,55-,56+,57-/m0/s1. The summed E-state index contributed by atoms with van der Waals surface area (Å²) in [6, 6.07) is 9.29. The number of allylic oxidation sites excluding steroid dienone is 1. The largest absolute Gasteiger partial charge is 0.460 e. The maximum Gasteiger partial charge on any atom is 0.348 e. The Morgan fingerprint density at radius 2 is 1.62 bits per heavy atom. The van der Waals surface area contributed by atoms with Crippen LogP contribution in [0.4, 0.5) is 5.69 Å². The van der Waals surface area contributed by atoms with Crippen molar-refractivity contribution >= 4 is 35.4 Å². The quantitative estimate of drug-likeness (QED) is 0.0298. The third-order valence-electron chi connectivity index (χ3n) is 16.5. The summed E-state index contributed by atoms with van der Waals surface area (Å²) in [5.74, 6) is -6.00. The molecule has 0 radical (unpaired) electrons. The summed E-state index contributed by atoms with van der Waals surface area (Å²) in [5.41, 5.74) is -0.330. The van der Waals surface area contributed by atoms with Gasteiger partial charge in [-0.25, -0.2) is 9.68 Å². The molecule has 73 heavy (non-hydrogen) atoms. The van der Waals surface area contributed by atoms with Crippen molar-refractivity contribution in [3.05, 3.63) is 47.6 Å². The minimum atomic E-state index is -1.58. The van der Waals surface area contributed by atoms with E-state index in [2.05, 4.69) is 19.2 Å². The van der Waals surface area contributed by atoms with Crippen molar-refractivity contribution < 1.29 is 62.9 Å². The maximum absolute atomic E-state index is 14.9. The van der Waals surface area contributed by atoms with Crippen LogP contribution in [-0.2, 0) is 52.6 Å². The van der Waals surface area contributed by atoms with Gasteiger partial charge in [0.25, 0.3) is 0 Å². The lowest BCUT2D eigenvalue weighted by atomic mass is 9.74. The zero-order valence-corrected chi connectivity index (χ0v) is 45.9. The van der Waals surface area contributed by atoms with E-state index in [0.717, 1.165) is 12.1 Å². The van der Waals surface area contributed by atoms with Crippen LogP contribution in [0.15, 0.2) is 42.0 Å². The van der Waals surface area contributed by atoms with E-state index in [1.54, 1.807) is 6.92 Å². The number of aliphatic hydroxyl groups excluding tert-OH is 1. The van der Waals surface area contributed by atoms with Crippen molar-refractivity contribution in [2.75, 3.05) is 32.1 Å². The average molecular weight is 1020 g/mol. The molecule has 4 heterocycles. The lowest BCUT2D eigenvalue weighted by Gasteiger charge is -2.47. The van der Waals surface area contributed by atoms with Gasteiger partial charge in [0, 0.05) is 50.9 Å². The molecule has 16 nitrogen and oxygen atoms in total. The number of hydrogen-bond acceptors (Lipinski definition) is 15. The SMILES string of the molecule is CC[C@@H](C(=O)[C@@H](C)[C@@H](O)[C@H](C)[C@@H]1O[C@@H]([C@@H](CC)C(=O)NCCOC(=O)/C(C#N)=C/c2ccc(N(C)C)cc2)CC[C@@H]1C)[C@H]1OO[C@@]2(CC[C@@](C)([C@H]3CC[C@](O)(CC)[C@H](C)O3)O2)[C@H](OC(C)=O)/C=C\[C@H](C)C[C@@H]1C. The predicted octanol–water partition coefficient (Wildman–Crippen LogP) is 8.21. The van der Waals surface area contributed by atoms with Gasteiger partial charge in [-0.1, -0.05) is 73.6 Å². The second kappa shape index (κ2) is 26.0. The van der Waals surface area contributed by atoms with Crippen molar-refractivity contribution in [1.29, 1.82) is 5.26 Å². The lowest BCUT2D eigenvalue weighted by Crippen LogP contribution is -2.56. The Hall–Kier alpha value is -4.21. The highest BCUT2D eigenvalue weighted by Gasteiger charge is 2.60. The third kappa shape index (κ3) is 14.4. The maximum atomic E-state index is 14.9. The molecule has 1 aromatic rings. The van der Waals surface area contributed by atoms with Gasteiger partial charge in [-0.15, -0.1) is 0 Å². The van der Waals surface area contributed by atoms with Gasteiger partial charge in [0.05, 0.1) is 54.2 Å². The predicted molar refractivity (Wildman–Crippen MR) is 276 cm³/mol. The number of anilines is 1. The van der Waals surface area contributed by atoms with Crippen LogP contribution in [0.3, 0.4) is 0 Å². The summed E-state index contributed by atoms with van der Waals surface area (Å²) >= 11 is 0. The first-order valence-corrected chi connectivity index (χ1v) is 27.0. The summed E-state index contributed by atoms with van der Waals surface area (Å²) in [5, 5.41) is 35.8. The van der Waals surface area contributed by atoms with Crippen LogP contribution in [0.5, 0.6) is 0 Å². The molecule has 4 aliphatic heterocycles. The first-order valence-electron chi connectivity index (χ1n) is 27.0. The zero-order chi connectivity index (χ0) is 54.0. The second-order valence-corrected chi connectivity index (χ2v) is 22.1. The van der Waals surface area contributed by atoms with Gasteiger partial charge in [0.2, 0.25) is 11.7 Å². The van der Waals surface area contributed by atoms with Gasteiger partial charge in [-0.3, -0.25) is 14.4 Å². The number of amides is 1. The van der Waals surface area contributed by atoms with E-state index < -0.39 is 89.2 Å². The molecule has 0 unspecified atom stereocenters. The Labute approximate surface area is 434 Å². The Morgan fingerprint density at radius 3 is 2.22 bits per heavy atom. The first kappa shape index (κ1) is 59.7. The van der Waals surface area contributed by atoms with Crippen LogP contribution in [0.2, 0.25) is 0 Å². The average Bonchev–Trinajstić information content (AvgIpc) is 3.72. The number of ether oxygens (including phenoxy) is 5. The number of carbonyl (C=O) groups is 4. The number of nitrogens with zero attached hydrogens (tertiary/aromatic N) is 2. The number of Topliss-reactive ketones (excluding diaryl/α,β-unsaturated/α-hetero) is 1. The fraction of sp³-hybridized carbons (Fsp3) is 0.737. The molecular weight excluding hydrogens is 935 g/mol. The molecule has 1 spiro atoms. The molecular formula is C57H87N3O13. The number of benzene rings is 1. The Morgan fingerprint density at radius 1 is 0.932 bits per heavy atom. The second-order valence-electron chi connectivity index (χ2n) is 22.1. The van der Waals surface area contributed by atoms with E-state index in [-0.39, 0.29) is 60.7 Å². The number of carbonyl (C=O) groups excluding carboxylic acids is 4. The molecule has 3 fully saturated rings. The van der Waals surface area contributed by atoms with Gasteiger partial charge < -0.3 is 44.1 Å². The van der Waals surface area contributed by atoms with E-state index in [1.165, 1.54) is 13.0 Å². The fourth-order valence-electron chi connectivity index (χ4n) is 11.6. The summed E-state index contributed by atoms with van der Waals surface area (Å²) in [6.45, 7) is 20.7. The van der Waals surface area contributed by atoms with E-state index in [1.807, 2.05) is 110 Å². The fourth-order valence-corrected chi connectivity index (χ4v) is 11.6. The van der Waals surface area contributed by atoms with Gasteiger partial charge >= 0.3 is 11.9 Å². The minimum absolute atomic E-state index is 0.000750. The molecule has 0 bridgehead atoms. The lowest BCUT2D eigenvalue weighted by molar-refractivity contribution is -0.468. The van der Waals surface area contributed by atoms with Crippen LogP contribution in [0.25, 0.3) is 6.08 Å².